The smallest absolute Gasteiger partial charge is 0.250 e. The summed E-state index contributed by atoms with van der Waals surface area (Å²) in [5, 5.41) is 8.61. The zero-order valence-corrected chi connectivity index (χ0v) is 28.3. The maximum atomic E-state index is 13.6. The lowest BCUT2D eigenvalue weighted by atomic mass is 9.72. The minimum absolute atomic E-state index is 0.0674. The molecule has 0 saturated carbocycles. The van der Waals surface area contributed by atoms with Crippen molar-refractivity contribution in [2.24, 2.45) is 11.7 Å². The Kier molecular flexibility index (Phi) is 6.03. The first-order valence-electron chi connectivity index (χ1n) is 16.1. The van der Waals surface area contributed by atoms with Crippen molar-refractivity contribution in [3.05, 3.63) is 92.2 Å². The summed E-state index contributed by atoms with van der Waals surface area (Å²) >= 11 is 20.9. The Morgan fingerprint density at radius 3 is 2.73 bits per heavy atom. The summed E-state index contributed by atoms with van der Waals surface area (Å²) < 4.78 is 20.3. The summed E-state index contributed by atoms with van der Waals surface area (Å²) in [6, 6.07) is 14.2. The highest BCUT2D eigenvalue weighted by molar-refractivity contribution is 6.37. The SMILES string of the molecule is CC[C@H](C)[C@@H]1NC(=O)[C@@H](N)Cc2ccc3c(c2)[C@]24c5cc(Cl)cc(c5N[C@H]2O3)-c2cccc3[nH]c(Cl)c(c23)-c2oc(nc2Cl)-c2nc1oc24. The first-order chi connectivity index (χ1) is 23.7. The summed E-state index contributed by atoms with van der Waals surface area (Å²) in [6.07, 6.45) is 0.355. The molecule has 7 heterocycles. The minimum atomic E-state index is -1.12. The number of oxazole rings is 2. The lowest BCUT2D eigenvalue weighted by Crippen LogP contribution is -2.45. The van der Waals surface area contributed by atoms with Crippen LogP contribution >= 0.6 is 34.8 Å². The van der Waals surface area contributed by atoms with Gasteiger partial charge in [0.15, 0.2) is 28.6 Å². The van der Waals surface area contributed by atoms with E-state index in [1.165, 1.54) is 0 Å². The Labute approximate surface area is 294 Å². The van der Waals surface area contributed by atoms with Gasteiger partial charge < -0.3 is 34.9 Å². The fourth-order valence-electron chi connectivity index (χ4n) is 8.06. The molecule has 49 heavy (non-hydrogen) atoms. The highest BCUT2D eigenvalue weighted by Crippen LogP contribution is 2.62. The number of anilines is 1. The highest BCUT2D eigenvalue weighted by Gasteiger charge is 2.62. The number of carbonyl (C=O) groups excluding carboxylic acids is 1. The Balaban J connectivity index is 1.41. The van der Waals surface area contributed by atoms with Crippen molar-refractivity contribution in [1.82, 2.24) is 20.3 Å². The molecule has 13 heteroatoms. The zero-order valence-electron chi connectivity index (χ0n) is 26.1. The predicted molar refractivity (Wildman–Crippen MR) is 186 cm³/mol. The molecule has 246 valence electrons. The highest BCUT2D eigenvalue weighted by atomic mass is 35.5. The fourth-order valence-corrected chi connectivity index (χ4v) is 8.77. The first kappa shape index (κ1) is 29.4. The van der Waals surface area contributed by atoms with Crippen LogP contribution in [0.2, 0.25) is 15.3 Å². The average Bonchev–Trinajstić information content (AvgIpc) is 3.88. The molecular weight excluding hydrogens is 687 g/mol. The summed E-state index contributed by atoms with van der Waals surface area (Å²) in [6.45, 7) is 4.08. The molecule has 5 atom stereocenters. The fraction of sp³-hybridized carbons (Fsp3) is 0.250. The zero-order chi connectivity index (χ0) is 33.5. The Morgan fingerprint density at radius 2 is 1.90 bits per heavy atom. The maximum Gasteiger partial charge on any atom is 0.250 e. The van der Waals surface area contributed by atoms with Gasteiger partial charge in [-0.15, -0.1) is 0 Å². The molecule has 0 fully saturated rings. The summed E-state index contributed by atoms with van der Waals surface area (Å²) in [7, 11) is 0. The van der Waals surface area contributed by atoms with Crippen LogP contribution in [0.1, 0.15) is 54.7 Å². The van der Waals surface area contributed by atoms with Crippen LogP contribution in [0.15, 0.2) is 57.4 Å². The second kappa shape index (κ2) is 10.0. The second-order valence-corrected chi connectivity index (χ2v) is 14.4. The van der Waals surface area contributed by atoms with E-state index in [1.54, 1.807) is 0 Å². The minimum Gasteiger partial charge on any atom is -0.469 e. The molecule has 3 aromatic carbocycles. The number of H-pyrrole nitrogens is 1. The maximum absolute atomic E-state index is 13.6. The number of aromatic amines is 1. The van der Waals surface area contributed by atoms with Crippen molar-refractivity contribution >= 4 is 57.3 Å². The third kappa shape index (κ3) is 3.80. The van der Waals surface area contributed by atoms with E-state index in [2.05, 4.69) is 15.6 Å². The van der Waals surface area contributed by atoms with Gasteiger partial charge >= 0.3 is 0 Å². The lowest BCUT2D eigenvalue weighted by molar-refractivity contribution is -0.123. The predicted octanol–water partition coefficient (Wildman–Crippen LogP) is 7.98. The molecular formula is C36H27Cl3N6O4. The van der Waals surface area contributed by atoms with Crippen LogP contribution in [0.5, 0.6) is 5.75 Å². The van der Waals surface area contributed by atoms with Gasteiger partial charge in [-0.1, -0.05) is 79.3 Å². The molecule has 4 aliphatic heterocycles. The molecule has 10 rings (SSSR count). The lowest BCUT2D eigenvalue weighted by Gasteiger charge is -2.28. The molecule has 10 bridgehead atoms. The van der Waals surface area contributed by atoms with Crippen LogP contribution in [0.3, 0.4) is 0 Å². The standard InChI is InChI=1S/C36H27Cl3N6O4/c1-3-13(2)25-33-43-27-29(49-33)36-18-9-14(10-20(40)32(46)42-25)7-8-22(18)47-35(36)44-26-17(11-15(37)12-19(26)36)16-5-4-6-21-23(16)24(30(38)41-21)28-31(39)45-34(27)48-28/h4-9,11-13,20,25,35,41,44H,3,10,40H2,1-2H3,(H,42,46)/t13-,20-,25-,35-,36+/m0/s1. The van der Waals surface area contributed by atoms with E-state index < -0.39 is 23.7 Å². The number of benzene rings is 3. The van der Waals surface area contributed by atoms with E-state index in [0.717, 1.165) is 50.8 Å². The molecule has 3 aromatic heterocycles. The number of aromatic nitrogens is 3. The van der Waals surface area contributed by atoms with Gasteiger partial charge in [-0.25, -0.2) is 4.98 Å². The molecule has 0 unspecified atom stereocenters. The van der Waals surface area contributed by atoms with Gasteiger partial charge in [0.25, 0.3) is 5.89 Å². The average molecular weight is 714 g/mol. The van der Waals surface area contributed by atoms with Gasteiger partial charge in [-0.05, 0) is 47.7 Å². The number of hydrogen-bond donors (Lipinski definition) is 4. The van der Waals surface area contributed by atoms with Gasteiger partial charge in [0.1, 0.15) is 22.4 Å². The van der Waals surface area contributed by atoms with E-state index in [9.17, 15) is 4.79 Å². The van der Waals surface area contributed by atoms with Crippen LogP contribution < -0.4 is 21.1 Å². The van der Waals surface area contributed by atoms with Crippen molar-refractivity contribution in [2.75, 3.05) is 5.32 Å². The molecule has 0 radical (unpaired) electrons. The van der Waals surface area contributed by atoms with Gasteiger partial charge in [0, 0.05) is 38.3 Å². The summed E-state index contributed by atoms with van der Waals surface area (Å²) in [5.41, 5.74) is 12.0. The van der Waals surface area contributed by atoms with E-state index in [0.29, 0.717) is 39.4 Å². The number of rotatable bonds is 2. The molecule has 6 aromatic rings. The van der Waals surface area contributed by atoms with Crippen molar-refractivity contribution in [2.45, 2.75) is 50.4 Å². The van der Waals surface area contributed by atoms with Crippen molar-refractivity contribution in [3.63, 3.8) is 0 Å². The largest absolute Gasteiger partial charge is 0.469 e. The number of amides is 1. The Bertz CT molecular complexity index is 2430. The third-order valence-electron chi connectivity index (χ3n) is 10.6. The van der Waals surface area contributed by atoms with Gasteiger partial charge in [0.2, 0.25) is 11.8 Å². The quantitative estimate of drug-likeness (QED) is 0.141. The molecule has 1 spiro atoms. The molecule has 10 nitrogen and oxygen atoms in total. The van der Waals surface area contributed by atoms with Crippen LogP contribution in [0.25, 0.3) is 44.9 Å². The van der Waals surface area contributed by atoms with Crippen LogP contribution in [-0.2, 0) is 16.6 Å². The second-order valence-electron chi connectivity index (χ2n) is 13.2. The molecule has 1 amide bonds. The molecule has 5 N–H and O–H groups in total. The van der Waals surface area contributed by atoms with E-state index >= 15 is 0 Å². The van der Waals surface area contributed by atoms with Crippen molar-refractivity contribution in [3.8, 4) is 39.8 Å². The summed E-state index contributed by atoms with van der Waals surface area (Å²) in [5.74, 6) is 1.37. The van der Waals surface area contributed by atoms with Crippen molar-refractivity contribution in [1.29, 1.82) is 0 Å². The van der Waals surface area contributed by atoms with E-state index in [-0.39, 0.29) is 34.5 Å². The summed E-state index contributed by atoms with van der Waals surface area (Å²) in [4.78, 5) is 26.7. The third-order valence-corrected chi connectivity index (χ3v) is 11.3. The number of halogens is 3. The normalized spacial score (nSPS) is 23.2. The van der Waals surface area contributed by atoms with Crippen LogP contribution in [-0.4, -0.2) is 33.1 Å². The van der Waals surface area contributed by atoms with E-state index in [4.69, 9.17) is 64.1 Å². The van der Waals surface area contributed by atoms with Crippen LogP contribution in [0.4, 0.5) is 5.69 Å². The van der Waals surface area contributed by atoms with Gasteiger partial charge in [-0.3, -0.25) is 4.79 Å². The number of ether oxygens (including phenoxy) is 1. The number of fused-ring (bicyclic) bond motifs is 7. The number of nitrogens with one attached hydrogen (secondary N) is 3. The topological polar surface area (TPSA) is 144 Å². The monoisotopic (exact) mass is 712 g/mol. The number of nitrogens with two attached hydrogens (primary N) is 1. The Hall–Kier alpha value is -4.48. The number of carbonyl (C=O) groups is 1. The Morgan fingerprint density at radius 1 is 1.04 bits per heavy atom. The van der Waals surface area contributed by atoms with E-state index in [1.807, 2.05) is 62.4 Å². The molecule has 4 aliphatic rings. The first-order valence-corrected chi connectivity index (χ1v) is 17.3. The number of nitrogens with zero attached hydrogens (tertiary/aromatic N) is 2. The number of hydrogen-bond acceptors (Lipinski definition) is 8. The van der Waals surface area contributed by atoms with Crippen LogP contribution in [0, 0.1) is 5.92 Å². The van der Waals surface area contributed by atoms with Gasteiger partial charge in [0.05, 0.1) is 11.6 Å². The molecule has 0 saturated heterocycles. The van der Waals surface area contributed by atoms with Gasteiger partial charge in [-0.2, -0.15) is 4.98 Å². The molecule has 0 aliphatic carbocycles. The van der Waals surface area contributed by atoms with Crippen molar-refractivity contribution < 1.29 is 18.4 Å².